The molecule has 2 aromatic rings. The van der Waals surface area contributed by atoms with Crippen molar-refractivity contribution in [3.8, 4) is 0 Å². The number of hydrogen-bond donors (Lipinski definition) is 1. The van der Waals surface area contributed by atoms with Gasteiger partial charge in [-0.05, 0) is 24.1 Å². The van der Waals surface area contributed by atoms with E-state index in [4.69, 9.17) is 4.74 Å². The Hall–Kier alpha value is -2.95. The molecule has 1 unspecified atom stereocenters. The molecule has 2 fully saturated rings. The summed E-state index contributed by atoms with van der Waals surface area (Å²) >= 11 is 0. The van der Waals surface area contributed by atoms with E-state index in [1.807, 2.05) is 6.92 Å². The van der Waals surface area contributed by atoms with E-state index in [0.29, 0.717) is 30.5 Å². The first-order chi connectivity index (χ1) is 14.6. The zero-order chi connectivity index (χ0) is 22.2. The Labute approximate surface area is 176 Å². The van der Waals surface area contributed by atoms with Crippen molar-refractivity contribution in [1.29, 1.82) is 0 Å². The molecule has 3 heterocycles. The first-order valence-electron chi connectivity index (χ1n) is 9.75. The number of hydrogen-bond acceptors (Lipinski definition) is 6. The minimum Gasteiger partial charge on any atom is -0.447 e. The van der Waals surface area contributed by atoms with Crippen molar-refractivity contribution in [2.24, 2.45) is 0 Å². The number of benzene rings is 1. The minimum atomic E-state index is -4.01. The van der Waals surface area contributed by atoms with Gasteiger partial charge in [0, 0.05) is 12.7 Å². The fourth-order valence-corrected chi connectivity index (χ4v) is 3.58. The number of ether oxygens (including phenoxy) is 1. The van der Waals surface area contributed by atoms with Gasteiger partial charge in [-0.1, -0.05) is 24.3 Å². The molecule has 1 N–H and O–H groups in total. The lowest BCUT2D eigenvalue weighted by molar-refractivity contribution is -0.172. The van der Waals surface area contributed by atoms with E-state index in [1.165, 1.54) is 11.1 Å². The summed E-state index contributed by atoms with van der Waals surface area (Å²) in [6.07, 6.45) is 1.08. The van der Waals surface area contributed by atoms with Gasteiger partial charge in [0.2, 0.25) is 5.95 Å². The Morgan fingerprint density at radius 3 is 2.42 bits per heavy atom. The largest absolute Gasteiger partial charge is 0.447 e. The molecular formula is C20H21F4N5O2. The molecule has 11 heteroatoms. The highest BCUT2D eigenvalue weighted by atomic mass is 19.3. The van der Waals surface area contributed by atoms with Crippen molar-refractivity contribution in [1.82, 2.24) is 14.9 Å². The molecule has 2 aliphatic heterocycles. The minimum absolute atomic E-state index is 0.0182. The highest BCUT2D eigenvalue weighted by molar-refractivity contribution is 5.88. The third-order valence-corrected chi connectivity index (χ3v) is 5.29. The molecule has 1 aromatic heterocycles. The molecule has 2 aliphatic rings. The summed E-state index contributed by atoms with van der Waals surface area (Å²) < 4.78 is 58.4. The average Bonchev–Trinajstić information content (AvgIpc) is 3.21. The number of carbonyl (C=O) groups excluding carboxylic acids is 1. The van der Waals surface area contributed by atoms with E-state index in [1.54, 1.807) is 30.3 Å². The number of halogens is 4. The van der Waals surface area contributed by atoms with Gasteiger partial charge in [0.1, 0.15) is 12.4 Å². The Balaban J connectivity index is 1.38. The van der Waals surface area contributed by atoms with Crippen molar-refractivity contribution in [3.05, 3.63) is 47.7 Å². The van der Waals surface area contributed by atoms with Crippen LogP contribution in [0.1, 0.15) is 24.1 Å². The summed E-state index contributed by atoms with van der Waals surface area (Å²) in [7, 11) is 0. The maximum absolute atomic E-state index is 13.4. The Kier molecular flexibility index (Phi) is 5.46. The van der Waals surface area contributed by atoms with E-state index in [-0.39, 0.29) is 12.6 Å². The highest BCUT2D eigenvalue weighted by Crippen LogP contribution is 2.41. The quantitative estimate of drug-likeness (QED) is 0.693. The molecule has 0 saturated carbocycles. The fourth-order valence-electron chi connectivity index (χ4n) is 3.58. The van der Waals surface area contributed by atoms with Crippen LogP contribution in [0.3, 0.4) is 0 Å². The van der Waals surface area contributed by atoms with Gasteiger partial charge in [0.15, 0.2) is 0 Å². The van der Waals surface area contributed by atoms with Crippen molar-refractivity contribution >= 4 is 17.9 Å². The highest BCUT2D eigenvalue weighted by Gasteiger charge is 2.62. The predicted molar refractivity (Wildman–Crippen MR) is 104 cm³/mol. The first-order valence-corrected chi connectivity index (χ1v) is 9.75. The van der Waals surface area contributed by atoms with Crippen LogP contribution in [0.25, 0.3) is 0 Å². The van der Waals surface area contributed by atoms with Crippen molar-refractivity contribution in [2.45, 2.75) is 31.4 Å². The van der Waals surface area contributed by atoms with Gasteiger partial charge >= 0.3 is 17.9 Å². The smallest absolute Gasteiger partial charge is 0.415 e. The monoisotopic (exact) mass is 439 g/mol. The number of carbonyl (C=O) groups is 1. The second kappa shape index (κ2) is 7.95. The molecule has 1 atom stereocenters. The van der Waals surface area contributed by atoms with Gasteiger partial charge in [-0.2, -0.15) is 22.5 Å². The van der Waals surface area contributed by atoms with Crippen LogP contribution < -0.4 is 10.2 Å². The van der Waals surface area contributed by atoms with Crippen LogP contribution in [0.2, 0.25) is 0 Å². The lowest BCUT2D eigenvalue weighted by Gasteiger charge is -2.18. The van der Waals surface area contributed by atoms with Gasteiger partial charge in [-0.15, -0.1) is 0 Å². The number of likely N-dealkylation sites (tertiary alicyclic amines) is 1. The third kappa shape index (κ3) is 4.41. The molecule has 0 bridgehead atoms. The standard InChI is InChI=1S/C20H21F4N5O2/c1-13(26-17-25-7-6-16(27-17)29-8-9-31-18(29)30)15-4-2-14(3-5-15)10-28-11-19(21,22)20(23,24)12-28/h2-7,13H,8-12H2,1H3,(H,25,26,27). The number of nitrogens with zero attached hydrogens (tertiary/aromatic N) is 4. The van der Waals surface area contributed by atoms with Crippen LogP contribution in [-0.2, 0) is 11.3 Å². The average molecular weight is 439 g/mol. The predicted octanol–water partition coefficient (Wildman–Crippen LogP) is 3.69. The molecule has 4 rings (SSSR count). The van der Waals surface area contributed by atoms with Crippen LogP contribution in [0, 0.1) is 0 Å². The summed E-state index contributed by atoms with van der Waals surface area (Å²) in [6.45, 7) is 0.708. The third-order valence-electron chi connectivity index (χ3n) is 5.29. The van der Waals surface area contributed by atoms with Crippen LogP contribution in [0.15, 0.2) is 36.5 Å². The van der Waals surface area contributed by atoms with Crippen LogP contribution in [0.4, 0.5) is 34.1 Å². The number of cyclic esters (lactones) is 1. The Morgan fingerprint density at radius 2 is 1.81 bits per heavy atom. The summed E-state index contributed by atoms with van der Waals surface area (Å²) in [6, 6.07) is 8.44. The van der Waals surface area contributed by atoms with Crippen LogP contribution >= 0.6 is 0 Å². The normalized spacial score (nSPS) is 21.2. The molecule has 31 heavy (non-hydrogen) atoms. The van der Waals surface area contributed by atoms with Crippen molar-refractivity contribution < 1.29 is 27.1 Å². The van der Waals surface area contributed by atoms with E-state index >= 15 is 0 Å². The zero-order valence-electron chi connectivity index (χ0n) is 16.7. The second-order valence-electron chi connectivity index (χ2n) is 7.67. The van der Waals surface area contributed by atoms with Gasteiger partial charge in [-0.3, -0.25) is 9.80 Å². The lowest BCUT2D eigenvalue weighted by atomic mass is 10.1. The number of nitrogens with one attached hydrogen (secondary N) is 1. The van der Waals surface area contributed by atoms with Crippen LogP contribution in [-0.4, -0.2) is 59.0 Å². The van der Waals surface area contributed by atoms with E-state index in [9.17, 15) is 22.4 Å². The SMILES string of the molecule is CC(Nc1nccc(N2CCOC2=O)n1)c1ccc(CN2CC(F)(F)C(F)(F)C2)cc1. The number of rotatable bonds is 6. The first kappa shape index (κ1) is 21.3. The van der Waals surface area contributed by atoms with Gasteiger partial charge in [0.25, 0.3) is 0 Å². The van der Waals surface area contributed by atoms with Crippen LogP contribution in [0.5, 0.6) is 0 Å². The number of anilines is 2. The maximum Gasteiger partial charge on any atom is 0.415 e. The zero-order valence-corrected chi connectivity index (χ0v) is 16.7. The molecule has 166 valence electrons. The molecule has 1 aromatic carbocycles. The molecule has 0 aliphatic carbocycles. The summed E-state index contributed by atoms with van der Waals surface area (Å²) in [4.78, 5) is 22.7. The molecule has 2 saturated heterocycles. The lowest BCUT2D eigenvalue weighted by Crippen LogP contribution is -2.38. The summed E-state index contributed by atoms with van der Waals surface area (Å²) in [5.41, 5.74) is 1.53. The Morgan fingerprint density at radius 1 is 1.13 bits per heavy atom. The molecule has 1 amide bonds. The molecule has 0 radical (unpaired) electrons. The van der Waals surface area contributed by atoms with E-state index in [2.05, 4.69) is 15.3 Å². The topological polar surface area (TPSA) is 70.6 Å². The number of amides is 1. The van der Waals surface area contributed by atoms with Crippen molar-refractivity contribution in [3.63, 3.8) is 0 Å². The van der Waals surface area contributed by atoms with Gasteiger partial charge in [0.05, 0.1) is 25.7 Å². The van der Waals surface area contributed by atoms with E-state index in [0.717, 1.165) is 10.5 Å². The maximum atomic E-state index is 13.4. The Bertz CT molecular complexity index is 941. The van der Waals surface area contributed by atoms with Gasteiger partial charge in [-0.25, -0.2) is 9.78 Å². The molecule has 0 spiro atoms. The second-order valence-corrected chi connectivity index (χ2v) is 7.67. The fraction of sp³-hybridized carbons (Fsp3) is 0.450. The van der Waals surface area contributed by atoms with Crippen molar-refractivity contribution in [2.75, 3.05) is 36.5 Å². The number of aromatic nitrogens is 2. The number of alkyl halides is 4. The molecule has 7 nitrogen and oxygen atoms in total. The molecular weight excluding hydrogens is 418 g/mol. The van der Waals surface area contributed by atoms with Gasteiger partial charge < -0.3 is 10.1 Å². The van der Waals surface area contributed by atoms with E-state index < -0.39 is 31.0 Å². The summed E-state index contributed by atoms with van der Waals surface area (Å²) in [5.74, 6) is -7.26. The summed E-state index contributed by atoms with van der Waals surface area (Å²) in [5, 5.41) is 3.14.